The van der Waals surface area contributed by atoms with Crippen molar-refractivity contribution in [2.45, 2.75) is 0 Å². The van der Waals surface area contributed by atoms with E-state index in [1.165, 1.54) is 17.3 Å². The summed E-state index contributed by atoms with van der Waals surface area (Å²) >= 11 is 11.8. The summed E-state index contributed by atoms with van der Waals surface area (Å²) in [6.07, 6.45) is 2.87. The van der Waals surface area contributed by atoms with Crippen LogP contribution in [0, 0.1) is 0 Å². The van der Waals surface area contributed by atoms with Gasteiger partial charge in [-0.15, -0.1) is 0 Å². The summed E-state index contributed by atoms with van der Waals surface area (Å²) in [7, 11) is 0. The number of halogens is 2. The summed E-state index contributed by atoms with van der Waals surface area (Å²) in [5.41, 5.74) is 0.748. The van der Waals surface area contributed by atoms with Gasteiger partial charge in [0.05, 0.1) is 0 Å². The summed E-state index contributed by atoms with van der Waals surface area (Å²) < 4.78 is 1.40. The van der Waals surface area contributed by atoms with E-state index in [1.807, 2.05) is 12.1 Å². The predicted octanol–water partition coefficient (Wildman–Crippen LogP) is 2.43. The van der Waals surface area contributed by atoms with E-state index in [2.05, 4.69) is 25.0 Å². The van der Waals surface area contributed by atoms with Crippen LogP contribution in [0.15, 0.2) is 36.9 Å². The highest BCUT2D eigenvalue weighted by Gasteiger charge is 2.09. The van der Waals surface area contributed by atoms with Crippen LogP contribution in [0.25, 0.3) is 17.3 Å². The maximum Gasteiger partial charge on any atom is 0.256 e. The lowest BCUT2D eigenvalue weighted by atomic mass is 10.2. The summed E-state index contributed by atoms with van der Waals surface area (Å²) in [5.74, 6) is 0.723. The van der Waals surface area contributed by atoms with E-state index in [9.17, 15) is 0 Å². The quantitative estimate of drug-likeness (QED) is 0.725. The smallest absolute Gasteiger partial charge is 0.223 e. The van der Waals surface area contributed by atoms with Crippen molar-refractivity contribution in [3.8, 4) is 17.3 Å². The Morgan fingerprint density at radius 3 is 2.68 bits per heavy atom. The van der Waals surface area contributed by atoms with E-state index in [1.54, 1.807) is 12.1 Å². The van der Waals surface area contributed by atoms with Crippen LogP contribution in [0.4, 0.5) is 0 Å². The zero-order valence-corrected chi connectivity index (χ0v) is 10.9. The molecule has 94 valence electrons. The fraction of sp³-hybridized carbons (Fsp3) is 0. The van der Waals surface area contributed by atoms with Gasteiger partial charge in [0, 0.05) is 10.6 Å². The van der Waals surface area contributed by atoms with E-state index >= 15 is 0 Å². The average molecular weight is 293 g/mol. The van der Waals surface area contributed by atoms with Gasteiger partial charge in [-0.1, -0.05) is 23.7 Å². The molecular formula is C11H6Cl2N6. The number of hydrogen-bond donors (Lipinski definition) is 0. The van der Waals surface area contributed by atoms with E-state index in [-0.39, 0.29) is 5.28 Å². The molecule has 19 heavy (non-hydrogen) atoms. The maximum absolute atomic E-state index is 5.94. The number of hydrogen-bond acceptors (Lipinski definition) is 5. The Bertz CT molecular complexity index is 713. The van der Waals surface area contributed by atoms with Crippen LogP contribution in [0.2, 0.25) is 10.3 Å². The molecule has 0 unspecified atom stereocenters. The first-order chi connectivity index (χ1) is 9.22. The molecule has 0 fully saturated rings. The van der Waals surface area contributed by atoms with Gasteiger partial charge in [-0.2, -0.15) is 24.7 Å². The highest BCUT2D eigenvalue weighted by molar-refractivity contribution is 6.30. The van der Waals surface area contributed by atoms with Gasteiger partial charge in [0.15, 0.2) is 5.82 Å². The van der Waals surface area contributed by atoms with Crippen LogP contribution in [0.1, 0.15) is 0 Å². The Balaban J connectivity index is 2.12. The molecule has 0 atom stereocenters. The minimum Gasteiger partial charge on any atom is -0.223 e. The van der Waals surface area contributed by atoms with Gasteiger partial charge in [-0.3, -0.25) is 0 Å². The van der Waals surface area contributed by atoms with Crippen molar-refractivity contribution in [3.05, 3.63) is 47.2 Å². The lowest BCUT2D eigenvalue weighted by Crippen LogP contribution is -2.05. The molecule has 0 N–H and O–H groups in total. The standard InChI is InChI=1S/C11H6Cl2N6/c12-8-3-1-2-7(4-8)9-16-10(13)18-11(17-9)19-6-14-5-15-19/h1-6H. The Morgan fingerprint density at radius 1 is 1.05 bits per heavy atom. The normalized spacial score (nSPS) is 10.6. The molecule has 0 aliphatic heterocycles. The van der Waals surface area contributed by atoms with Crippen LogP contribution in [-0.4, -0.2) is 29.7 Å². The van der Waals surface area contributed by atoms with Gasteiger partial charge in [0.1, 0.15) is 12.7 Å². The Hall–Kier alpha value is -2.05. The molecular weight excluding hydrogens is 287 g/mol. The van der Waals surface area contributed by atoms with Gasteiger partial charge in [-0.25, -0.2) is 4.98 Å². The molecule has 0 saturated heterocycles. The van der Waals surface area contributed by atoms with Gasteiger partial charge < -0.3 is 0 Å². The third-order valence-corrected chi connectivity index (χ3v) is 2.71. The second-order valence-electron chi connectivity index (χ2n) is 3.58. The fourth-order valence-corrected chi connectivity index (χ4v) is 1.86. The molecule has 0 aliphatic carbocycles. The molecule has 0 radical (unpaired) electrons. The van der Waals surface area contributed by atoms with Crippen LogP contribution in [0.5, 0.6) is 0 Å². The second kappa shape index (κ2) is 4.91. The van der Waals surface area contributed by atoms with Gasteiger partial charge in [0.2, 0.25) is 5.28 Å². The highest BCUT2D eigenvalue weighted by atomic mass is 35.5. The summed E-state index contributed by atoms with van der Waals surface area (Å²) in [6.45, 7) is 0. The summed E-state index contributed by atoms with van der Waals surface area (Å²) in [4.78, 5) is 16.2. The van der Waals surface area contributed by atoms with Gasteiger partial charge >= 0.3 is 0 Å². The molecule has 0 aliphatic rings. The first-order valence-electron chi connectivity index (χ1n) is 5.25. The van der Waals surface area contributed by atoms with Gasteiger partial charge in [-0.05, 0) is 23.7 Å². The fourth-order valence-electron chi connectivity index (χ4n) is 1.51. The van der Waals surface area contributed by atoms with Crippen LogP contribution >= 0.6 is 23.2 Å². The molecule has 0 spiro atoms. The van der Waals surface area contributed by atoms with Crippen molar-refractivity contribution in [1.82, 2.24) is 29.7 Å². The average Bonchev–Trinajstić information content (AvgIpc) is 2.92. The molecule has 8 heteroatoms. The maximum atomic E-state index is 5.94. The molecule has 2 heterocycles. The monoisotopic (exact) mass is 292 g/mol. The zero-order chi connectivity index (χ0) is 13.2. The number of benzene rings is 1. The van der Waals surface area contributed by atoms with Crippen LogP contribution in [-0.2, 0) is 0 Å². The molecule has 1 aromatic carbocycles. The van der Waals surface area contributed by atoms with E-state index in [4.69, 9.17) is 23.2 Å². The highest BCUT2D eigenvalue weighted by Crippen LogP contribution is 2.20. The van der Waals surface area contributed by atoms with E-state index in [0.717, 1.165) is 5.56 Å². The molecule has 3 rings (SSSR count). The lowest BCUT2D eigenvalue weighted by Gasteiger charge is -2.04. The van der Waals surface area contributed by atoms with Crippen LogP contribution < -0.4 is 0 Å². The largest absolute Gasteiger partial charge is 0.256 e. The number of nitrogens with zero attached hydrogens (tertiary/aromatic N) is 6. The molecule has 0 saturated carbocycles. The zero-order valence-electron chi connectivity index (χ0n) is 9.40. The van der Waals surface area contributed by atoms with E-state index in [0.29, 0.717) is 16.8 Å². The first-order valence-corrected chi connectivity index (χ1v) is 6.00. The second-order valence-corrected chi connectivity index (χ2v) is 4.35. The van der Waals surface area contributed by atoms with Crippen LogP contribution in [0.3, 0.4) is 0 Å². The Labute approximate surface area is 118 Å². The third kappa shape index (κ3) is 2.54. The molecule has 2 aromatic heterocycles. The number of aromatic nitrogens is 6. The minimum absolute atomic E-state index is 0.0791. The first kappa shape index (κ1) is 12.0. The minimum atomic E-state index is 0.0791. The van der Waals surface area contributed by atoms with Crippen molar-refractivity contribution < 1.29 is 0 Å². The molecule has 0 amide bonds. The Kier molecular flexibility index (Phi) is 3.10. The van der Waals surface area contributed by atoms with Crippen molar-refractivity contribution in [2.24, 2.45) is 0 Å². The van der Waals surface area contributed by atoms with Crippen molar-refractivity contribution in [3.63, 3.8) is 0 Å². The predicted molar refractivity (Wildman–Crippen MR) is 70.2 cm³/mol. The van der Waals surface area contributed by atoms with Crippen molar-refractivity contribution >= 4 is 23.2 Å². The van der Waals surface area contributed by atoms with Crippen molar-refractivity contribution in [2.75, 3.05) is 0 Å². The summed E-state index contributed by atoms with van der Waals surface area (Å²) in [6, 6.07) is 7.16. The molecule has 0 bridgehead atoms. The summed E-state index contributed by atoms with van der Waals surface area (Å²) in [5, 5.41) is 4.62. The SMILES string of the molecule is Clc1cccc(-c2nc(Cl)nc(-n3cncn3)n2)c1. The van der Waals surface area contributed by atoms with Crippen molar-refractivity contribution in [1.29, 1.82) is 0 Å². The van der Waals surface area contributed by atoms with E-state index < -0.39 is 0 Å². The molecule has 3 aromatic rings. The lowest BCUT2D eigenvalue weighted by molar-refractivity contribution is 0.796. The topological polar surface area (TPSA) is 69.4 Å². The number of rotatable bonds is 2. The Morgan fingerprint density at radius 2 is 1.95 bits per heavy atom. The van der Waals surface area contributed by atoms with Gasteiger partial charge in [0.25, 0.3) is 5.95 Å². The third-order valence-electron chi connectivity index (χ3n) is 2.30. The molecule has 6 nitrogen and oxygen atoms in total.